The minimum atomic E-state index is -0.452. The van der Waals surface area contributed by atoms with Gasteiger partial charge in [-0.1, -0.05) is 49.2 Å². The molecule has 0 unspecified atom stereocenters. The van der Waals surface area contributed by atoms with Gasteiger partial charge in [0, 0.05) is 16.7 Å². The highest BCUT2D eigenvalue weighted by atomic mass is 16.7. The zero-order valence-corrected chi connectivity index (χ0v) is 27.8. The van der Waals surface area contributed by atoms with E-state index in [1.165, 1.54) is 93.0 Å². The molecule has 3 nitrogen and oxygen atoms in total. The SMILES string of the molecule is Bc1c(B)c(B)c(-n2c3c(B)c(B)c(B)c(B)c3c3c(B)c(B)c(B)c(B)c32)c(B2OC(C)(C)C(C)(C)O2)c1B. The number of rotatable bonds is 2. The van der Waals surface area contributed by atoms with Gasteiger partial charge < -0.3 is 13.9 Å². The minimum Gasteiger partial charge on any atom is -0.399 e. The first kappa shape index (κ1) is 29.7. The normalized spacial score (nSPS) is 16.4. The van der Waals surface area contributed by atoms with E-state index in [0.29, 0.717) is 0 Å². The number of fused-ring (bicyclic) bond motifs is 3. The average molecular weight is 511 g/mol. The van der Waals surface area contributed by atoms with Gasteiger partial charge in [0.2, 0.25) is 0 Å². The molecule has 0 spiro atoms. The molecule has 1 fully saturated rings. The van der Waals surface area contributed by atoms with Gasteiger partial charge in [-0.2, -0.15) is 0 Å². The molecule has 1 saturated heterocycles. The fourth-order valence-corrected chi connectivity index (χ4v) is 6.95. The summed E-state index contributed by atoms with van der Waals surface area (Å²) in [5.41, 5.74) is 20.3. The number of hydrogen-bond acceptors (Lipinski definition) is 2. The summed E-state index contributed by atoms with van der Waals surface area (Å²) in [5, 5.41) is 2.77. The average Bonchev–Trinajstić information content (AvgIpc) is 3.34. The van der Waals surface area contributed by atoms with E-state index >= 15 is 0 Å². The van der Waals surface area contributed by atoms with Crippen LogP contribution in [-0.4, -0.2) is 117 Å². The Balaban J connectivity index is 2.11. The molecule has 0 atom stereocenters. The van der Waals surface area contributed by atoms with E-state index in [9.17, 15) is 0 Å². The Morgan fingerprint density at radius 2 is 0.775 bits per heavy atom. The molecule has 1 aliphatic heterocycles. The second-order valence-electron chi connectivity index (χ2n) is 13.6. The monoisotopic (exact) mass is 513 g/mol. The van der Waals surface area contributed by atoms with E-state index in [0.717, 1.165) is 5.46 Å². The molecule has 0 amide bonds. The smallest absolute Gasteiger partial charge is 0.399 e. The van der Waals surface area contributed by atoms with Crippen molar-refractivity contribution in [1.82, 2.24) is 4.57 Å². The molecular weight excluding hydrogens is 475 g/mol. The van der Waals surface area contributed by atoms with Gasteiger partial charge in [-0.05, 0) is 43.9 Å². The van der Waals surface area contributed by atoms with Gasteiger partial charge in [0.25, 0.3) is 0 Å². The van der Waals surface area contributed by atoms with Crippen LogP contribution in [0.15, 0.2) is 0 Å². The van der Waals surface area contributed by atoms with Crippen molar-refractivity contribution in [3.63, 3.8) is 0 Å². The molecule has 2 heterocycles. The largest absolute Gasteiger partial charge is 0.496 e. The van der Waals surface area contributed by atoms with E-state index in [1.807, 2.05) is 0 Å². The third-order valence-electron chi connectivity index (χ3n) is 11.4. The maximum atomic E-state index is 6.80. The molecule has 0 aliphatic carbocycles. The fraction of sp³-hybridized carbons (Fsp3) is 0.250. The minimum absolute atomic E-state index is 0.421. The second kappa shape index (κ2) is 9.36. The maximum Gasteiger partial charge on any atom is 0.496 e. The van der Waals surface area contributed by atoms with Crippen LogP contribution in [-0.2, 0) is 9.31 Å². The molecular formula is C24H36B13NO2. The Labute approximate surface area is 251 Å². The number of benzene rings is 3. The van der Waals surface area contributed by atoms with Crippen LogP contribution >= 0.6 is 0 Å². The first-order chi connectivity index (χ1) is 18.4. The van der Waals surface area contributed by atoms with Gasteiger partial charge in [-0.15, -0.1) is 16.4 Å². The predicted molar refractivity (Wildman–Crippen MR) is 215 cm³/mol. The summed E-state index contributed by atoms with van der Waals surface area (Å²) < 4.78 is 16.2. The molecule has 4 aromatic rings. The lowest BCUT2D eigenvalue weighted by atomic mass is 9.58. The van der Waals surface area contributed by atoms with Gasteiger partial charge in [-0.25, -0.2) is 0 Å². The second-order valence-corrected chi connectivity index (χ2v) is 13.6. The maximum absolute atomic E-state index is 6.80. The topological polar surface area (TPSA) is 23.4 Å². The van der Waals surface area contributed by atoms with Crippen LogP contribution in [0.3, 0.4) is 0 Å². The van der Waals surface area contributed by atoms with Crippen molar-refractivity contribution in [1.29, 1.82) is 0 Å². The Hall–Kier alpha value is -1.78. The summed E-state index contributed by atoms with van der Waals surface area (Å²) in [5.74, 6) is 0. The van der Waals surface area contributed by atoms with Crippen LogP contribution < -0.4 is 71.0 Å². The zero-order chi connectivity index (χ0) is 30.0. The Bertz CT molecular complexity index is 1700. The van der Waals surface area contributed by atoms with Crippen LogP contribution in [0, 0.1) is 0 Å². The highest BCUT2D eigenvalue weighted by Crippen LogP contribution is 2.37. The lowest BCUT2D eigenvalue weighted by Crippen LogP contribution is -2.61. The molecule has 188 valence electrons. The summed E-state index contributed by atoms with van der Waals surface area (Å²) in [6.45, 7) is 8.59. The molecule has 1 aliphatic rings. The molecule has 0 N–H and O–H groups in total. The van der Waals surface area contributed by atoms with E-state index in [1.54, 1.807) is 0 Å². The number of aromatic nitrogens is 1. The van der Waals surface area contributed by atoms with E-state index in [2.05, 4.69) is 126 Å². The van der Waals surface area contributed by atoms with Crippen molar-refractivity contribution >= 4 is 194 Å². The van der Waals surface area contributed by atoms with Crippen molar-refractivity contribution in [2.24, 2.45) is 0 Å². The highest BCUT2D eigenvalue weighted by molar-refractivity contribution is 6.76. The first-order valence-corrected chi connectivity index (χ1v) is 14.8. The lowest BCUT2D eigenvalue weighted by molar-refractivity contribution is 0.00578. The first-order valence-electron chi connectivity index (χ1n) is 14.8. The van der Waals surface area contributed by atoms with Crippen LogP contribution in [0.25, 0.3) is 27.5 Å². The van der Waals surface area contributed by atoms with Gasteiger partial charge in [0.1, 0.15) is 94.2 Å². The van der Waals surface area contributed by atoms with Crippen LogP contribution in [0.2, 0.25) is 0 Å². The third-order valence-corrected chi connectivity index (χ3v) is 11.4. The van der Waals surface area contributed by atoms with Gasteiger partial charge in [0.15, 0.2) is 0 Å². The molecule has 40 heavy (non-hydrogen) atoms. The summed E-state index contributed by atoms with van der Waals surface area (Å²) >= 11 is 0. The summed E-state index contributed by atoms with van der Waals surface area (Å²) in [6.07, 6.45) is 0. The van der Waals surface area contributed by atoms with Crippen molar-refractivity contribution in [2.75, 3.05) is 0 Å². The summed E-state index contributed by atoms with van der Waals surface area (Å²) in [4.78, 5) is 0. The quantitative estimate of drug-likeness (QED) is 0.250. The Kier molecular flexibility index (Phi) is 6.95. The fourth-order valence-electron chi connectivity index (χ4n) is 6.95. The van der Waals surface area contributed by atoms with Gasteiger partial charge in [-0.3, -0.25) is 0 Å². The van der Waals surface area contributed by atoms with Crippen molar-refractivity contribution in [3.05, 3.63) is 0 Å². The van der Waals surface area contributed by atoms with Crippen LogP contribution in [0.1, 0.15) is 27.7 Å². The molecule has 16 heteroatoms. The summed E-state index contributed by atoms with van der Waals surface area (Å²) in [6, 6.07) is 0. The zero-order valence-electron chi connectivity index (χ0n) is 27.8. The van der Waals surface area contributed by atoms with E-state index in [-0.39, 0.29) is 0 Å². The van der Waals surface area contributed by atoms with E-state index < -0.39 is 18.3 Å². The van der Waals surface area contributed by atoms with Gasteiger partial charge in [0.05, 0.1) is 11.2 Å². The molecule has 5 rings (SSSR count). The molecule has 0 bridgehead atoms. The highest BCUT2D eigenvalue weighted by Gasteiger charge is 2.53. The Morgan fingerprint density at radius 3 is 1.18 bits per heavy atom. The van der Waals surface area contributed by atoms with Crippen LogP contribution in [0.5, 0.6) is 0 Å². The number of nitrogens with zero attached hydrogens (tertiary/aromatic N) is 1. The molecule has 1 aromatic heterocycles. The van der Waals surface area contributed by atoms with E-state index in [4.69, 9.17) is 9.31 Å². The third kappa shape index (κ3) is 3.77. The lowest BCUT2D eigenvalue weighted by Gasteiger charge is -2.32. The van der Waals surface area contributed by atoms with Gasteiger partial charge >= 0.3 is 7.12 Å². The number of hydrogen-bond donors (Lipinski definition) is 0. The predicted octanol–water partition coefficient (Wildman–Crippen LogP) is -15.8. The Morgan fingerprint density at radius 1 is 0.450 bits per heavy atom. The van der Waals surface area contributed by atoms with Crippen molar-refractivity contribution in [3.8, 4) is 5.69 Å². The van der Waals surface area contributed by atoms with Crippen LogP contribution in [0.4, 0.5) is 0 Å². The summed E-state index contributed by atoms with van der Waals surface area (Å²) in [7, 11) is 27.0. The standard InChI is InChI=1S/C24H36B13NO2/c1-23(2)24(3,4)40-37(39-23)19-15(33)11(29)14(32)18(36)22(19)38-20-5(7(25)9(27)12(30)16(20)34)6-8(26)10(28)13(31)17(35)21(6)38/h25-36H2,1-4H3. The molecule has 3 aromatic carbocycles. The van der Waals surface area contributed by atoms with Crippen molar-refractivity contribution < 1.29 is 9.31 Å². The molecule has 0 radical (unpaired) electrons. The van der Waals surface area contributed by atoms with Crippen molar-refractivity contribution in [2.45, 2.75) is 38.9 Å². The molecule has 0 saturated carbocycles.